The van der Waals surface area contributed by atoms with Crippen molar-refractivity contribution in [3.63, 3.8) is 0 Å². The molecule has 0 aliphatic rings. The summed E-state index contributed by atoms with van der Waals surface area (Å²) in [5, 5.41) is 5.52. The zero-order valence-corrected chi connectivity index (χ0v) is 11.3. The van der Waals surface area contributed by atoms with Crippen molar-refractivity contribution in [1.82, 2.24) is 15.3 Å². The van der Waals surface area contributed by atoms with E-state index in [1.165, 1.54) is 9.35 Å². The largest absolute Gasteiger partial charge is 0.304 e. The van der Waals surface area contributed by atoms with Crippen molar-refractivity contribution in [2.75, 3.05) is 0 Å². The summed E-state index contributed by atoms with van der Waals surface area (Å²) in [6.45, 7) is 2.91. The molecule has 0 spiro atoms. The van der Waals surface area contributed by atoms with Crippen LogP contribution in [0.4, 0.5) is 0 Å². The minimum Gasteiger partial charge on any atom is -0.304 e. The van der Waals surface area contributed by atoms with E-state index in [2.05, 4.69) is 49.6 Å². The molecule has 0 aromatic carbocycles. The first kappa shape index (κ1) is 11.7. The highest BCUT2D eigenvalue weighted by Gasteiger charge is 2.10. The van der Waals surface area contributed by atoms with Crippen molar-refractivity contribution in [1.29, 1.82) is 0 Å². The minimum absolute atomic E-state index is 0.323. The van der Waals surface area contributed by atoms with Crippen LogP contribution in [0, 0.1) is 0 Å². The number of nitrogens with one attached hydrogen (secondary N) is 1. The SMILES string of the molecule is CC(NCc1ccncn1)c1sccc1Br. The first-order valence-corrected chi connectivity index (χ1v) is 6.66. The van der Waals surface area contributed by atoms with E-state index < -0.39 is 0 Å². The summed E-state index contributed by atoms with van der Waals surface area (Å²) in [4.78, 5) is 9.38. The van der Waals surface area contributed by atoms with Crippen molar-refractivity contribution < 1.29 is 0 Å². The third-order valence-electron chi connectivity index (χ3n) is 2.27. The Morgan fingerprint density at radius 2 is 2.38 bits per heavy atom. The smallest absolute Gasteiger partial charge is 0.115 e. The van der Waals surface area contributed by atoms with Gasteiger partial charge in [-0.25, -0.2) is 9.97 Å². The number of nitrogens with zero attached hydrogens (tertiary/aromatic N) is 2. The van der Waals surface area contributed by atoms with Crippen LogP contribution in [0.25, 0.3) is 0 Å². The van der Waals surface area contributed by atoms with Crippen molar-refractivity contribution in [3.05, 3.63) is 45.1 Å². The van der Waals surface area contributed by atoms with E-state index in [9.17, 15) is 0 Å². The van der Waals surface area contributed by atoms with Crippen LogP contribution in [0.3, 0.4) is 0 Å². The topological polar surface area (TPSA) is 37.8 Å². The van der Waals surface area contributed by atoms with Gasteiger partial charge in [0.05, 0.1) is 5.69 Å². The molecule has 0 amide bonds. The van der Waals surface area contributed by atoms with Gasteiger partial charge in [-0.15, -0.1) is 11.3 Å². The molecular formula is C11H12BrN3S. The average molecular weight is 298 g/mol. The molecule has 0 saturated heterocycles. The molecule has 0 aliphatic carbocycles. The van der Waals surface area contributed by atoms with Gasteiger partial charge in [0.25, 0.3) is 0 Å². The van der Waals surface area contributed by atoms with Gasteiger partial charge in [-0.05, 0) is 40.4 Å². The standard InChI is InChI=1S/C11H12BrN3S/c1-8(11-10(12)3-5-16-11)14-6-9-2-4-13-7-15-9/h2-5,7-8,14H,6H2,1H3. The maximum atomic E-state index is 4.17. The minimum atomic E-state index is 0.323. The van der Waals surface area contributed by atoms with Crippen molar-refractivity contribution in [2.24, 2.45) is 0 Å². The van der Waals surface area contributed by atoms with E-state index in [0.29, 0.717) is 6.04 Å². The Morgan fingerprint density at radius 3 is 3.00 bits per heavy atom. The van der Waals surface area contributed by atoms with E-state index in [0.717, 1.165) is 12.2 Å². The Bertz CT molecular complexity index is 444. The van der Waals surface area contributed by atoms with Gasteiger partial charge in [-0.1, -0.05) is 0 Å². The molecule has 5 heteroatoms. The van der Waals surface area contributed by atoms with Crippen LogP contribution in [0.15, 0.2) is 34.5 Å². The Morgan fingerprint density at radius 1 is 1.50 bits per heavy atom. The van der Waals surface area contributed by atoms with Crippen LogP contribution in [0.5, 0.6) is 0 Å². The normalized spacial score (nSPS) is 12.6. The molecule has 2 heterocycles. The molecule has 0 aliphatic heterocycles. The molecule has 0 saturated carbocycles. The van der Waals surface area contributed by atoms with Crippen LogP contribution in [0.1, 0.15) is 23.5 Å². The van der Waals surface area contributed by atoms with Gasteiger partial charge < -0.3 is 5.32 Å². The summed E-state index contributed by atoms with van der Waals surface area (Å²) in [6.07, 6.45) is 3.33. The molecule has 0 bridgehead atoms. The highest BCUT2D eigenvalue weighted by Crippen LogP contribution is 2.28. The Kier molecular flexibility index (Phi) is 4.04. The second kappa shape index (κ2) is 5.52. The second-order valence-corrected chi connectivity index (χ2v) is 5.24. The Balaban J connectivity index is 1.94. The fraction of sp³-hybridized carbons (Fsp3) is 0.273. The molecule has 2 rings (SSSR count). The van der Waals surface area contributed by atoms with Gasteiger partial charge in [0, 0.05) is 28.1 Å². The number of thiophene rings is 1. The Labute approximate surface area is 107 Å². The van der Waals surface area contributed by atoms with E-state index in [1.54, 1.807) is 23.9 Å². The van der Waals surface area contributed by atoms with Gasteiger partial charge in [0.15, 0.2) is 0 Å². The fourth-order valence-electron chi connectivity index (χ4n) is 1.39. The molecule has 1 unspecified atom stereocenters. The summed E-state index contributed by atoms with van der Waals surface area (Å²) in [6, 6.07) is 4.32. The predicted octanol–water partition coefficient (Wildman–Crippen LogP) is 3.15. The van der Waals surface area contributed by atoms with E-state index in [4.69, 9.17) is 0 Å². The predicted molar refractivity (Wildman–Crippen MR) is 69.3 cm³/mol. The zero-order chi connectivity index (χ0) is 11.4. The van der Waals surface area contributed by atoms with Crippen LogP contribution in [-0.4, -0.2) is 9.97 Å². The number of aromatic nitrogens is 2. The monoisotopic (exact) mass is 297 g/mol. The number of hydrogen-bond donors (Lipinski definition) is 1. The summed E-state index contributed by atoms with van der Waals surface area (Å²) in [5.74, 6) is 0. The van der Waals surface area contributed by atoms with Crippen LogP contribution in [0.2, 0.25) is 0 Å². The van der Waals surface area contributed by atoms with Crippen molar-refractivity contribution in [3.8, 4) is 0 Å². The summed E-state index contributed by atoms with van der Waals surface area (Å²) in [7, 11) is 0. The first-order valence-electron chi connectivity index (χ1n) is 4.98. The highest BCUT2D eigenvalue weighted by molar-refractivity contribution is 9.10. The zero-order valence-electron chi connectivity index (χ0n) is 8.85. The van der Waals surface area contributed by atoms with E-state index in [-0.39, 0.29) is 0 Å². The van der Waals surface area contributed by atoms with Crippen LogP contribution in [-0.2, 0) is 6.54 Å². The summed E-state index contributed by atoms with van der Waals surface area (Å²) < 4.78 is 1.17. The number of rotatable bonds is 4. The molecule has 0 fully saturated rings. The molecule has 2 aromatic heterocycles. The summed E-state index contributed by atoms with van der Waals surface area (Å²) >= 11 is 5.29. The van der Waals surface area contributed by atoms with E-state index in [1.807, 2.05) is 6.07 Å². The van der Waals surface area contributed by atoms with Gasteiger partial charge in [-0.3, -0.25) is 0 Å². The lowest BCUT2D eigenvalue weighted by atomic mass is 10.2. The van der Waals surface area contributed by atoms with Crippen LogP contribution < -0.4 is 5.32 Å². The third kappa shape index (κ3) is 2.87. The van der Waals surface area contributed by atoms with Gasteiger partial charge in [-0.2, -0.15) is 0 Å². The highest BCUT2D eigenvalue weighted by atomic mass is 79.9. The summed E-state index contributed by atoms with van der Waals surface area (Å²) in [5.41, 5.74) is 1.01. The Hall–Kier alpha value is -0.780. The maximum Gasteiger partial charge on any atom is 0.115 e. The van der Waals surface area contributed by atoms with Crippen molar-refractivity contribution in [2.45, 2.75) is 19.5 Å². The molecule has 1 N–H and O–H groups in total. The molecule has 2 aromatic rings. The molecule has 3 nitrogen and oxygen atoms in total. The molecule has 84 valence electrons. The van der Waals surface area contributed by atoms with Crippen LogP contribution >= 0.6 is 27.3 Å². The fourth-order valence-corrected chi connectivity index (χ4v) is 3.14. The first-order chi connectivity index (χ1) is 7.77. The lowest BCUT2D eigenvalue weighted by Crippen LogP contribution is -2.18. The molecule has 0 radical (unpaired) electrons. The molecular weight excluding hydrogens is 286 g/mol. The maximum absolute atomic E-state index is 4.17. The lowest BCUT2D eigenvalue weighted by molar-refractivity contribution is 0.573. The second-order valence-electron chi connectivity index (χ2n) is 3.44. The molecule has 1 atom stereocenters. The number of hydrogen-bond acceptors (Lipinski definition) is 4. The lowest BCUT2D eigenvalue weighted by Gasteiger charge is -2.12. The number of halogens is 1. The van der Waals surface area contributed by atoms with Gasteiger partial charge in [0.1, 0.15) is 6.33 Å². The average Bonchev–Trinajstić information content (AvgIpc) is 2.74. The third-order valence-corrected chi connectivity index (χ3v) is 4.32. The van der Waals surface area contributed by atoms with Gasteiger partial charge >= 0.3 is 0 Å². The van der Waals surface area contributed by atoms with Gasteiger partial charge in [0.2, 0.25) is 0 Å². The van der Waals surface area contributed by atoms with Crippen molar-refractivity contribution >= 4 is 27.3 Å². The van der Waals surface area contributed by atoms with E-state index >= 15 is 0 Å². The molecule has 16 heavy (non-hydrogen) atoms. The quantitative estimate of drug-likeness (QED) is 0.942.